The van der Waals surface area contributed by atoms with Gasteiger partial charge >= 0.3 is 11.8 Å². The molecule has 1 fully saturated rings. The van der Waals surface area contributed by atoms with Crippen LogP contribution in [0.2, 0.25) is 0 Å². The van der Waals surface area contributed by atoms with Crippen LogP contribution in [0.1, 0.15) is 12.8 Å². The number of aliphatic hydroxyl groups is 1. The first-order valence-corrected chi connectivity index (χ1v) is 6.63. The number of benzene rings is 1. The molecule has 114 valence electrons. The van der Waals surface area contributed by atoms with Gasteiger partial charge in [-0.25, -0.2) is 4.39 Å². The molecule has 0 bridgehead atoms. The summed E-state index contributed by atoms with van der Waals surface area (Å²) in [5, 5.41) is 14.8. The lowest BCUT2D eigenvalue weighted by molar-refractivity contribution is -0.137. The molecule has 21 heavy (non-hydrogen) atoms. The maximum absolute atomic E-state index is 13.0. The van der Waals surface area contributed by atoms with Crippen molar-refractivity contribution in [3.63, 3.8) is 0 Å². The van der Waals surface area contributed by atoms with Gasteiger partial charge in [-0.1, -0.05) is 6.07 Å². The number of ether oxygens (including phenoxy) is 1. The molecule has 2 rings (SSSR count). The van der Waals surface area contributed by atoms with Crippen molar-refractivity contribution < 1.29 is 23.8 Å². The first-order valence-electron chi connectivity index (χ1n) is 6.63. The Balaban J connectivity index is 1.84. The van der Waals surface area contributed by atoms with E-state index in [1.807, 2.05) is 0 Å². The highest BCUT2D eigenvalue weighted by Crippen LogP contribution is 2.19. The topological polar surface area (TPSA) is 87.7 Å². The van der Waals surface area contributed by atoms with Crippen LogP contribution in [0.25, 0.3) is 0 Å². The molecule has 3 N–H and O–H groups in total. The van der Waals surface area contributed by atoms with Gasteiger partial charge in [0.25, 0.3) is 0 Å². The van der Waals surface area contributed by atoms with Crippen LogP contribution in [0.4, 0.5) is 10.1 Å². The van der Waals surface area contributed by atoms with Crippen molar-refractivity contribution in [3.05, 3.63) is 30.1 Å². The molecule has 0 aromatic heterocycles. The number of nitrogens with one attached hydrogen (secondary N) is 2. The molecule has 0 atom stereocenters. The summed E-state index contributed by atoms with van der Waals surface area (Å²) >= 11 is 0. The van der Waals surface area contributed by atoms with E-state index in [2.05, 4.69) is 10.6 Å². The Kier molecular flexibility index (Phi) is 4.87. The van der Waals surface area contributed by atoms with Gasteiger partial charge in [0.2, 0.25) is 0 Å². The van der Waals surface area contributed by atoms with Gasteiger partial charge in [-0.15, -0.1) is 0 Å². The van der Waals surface area contributed by atoms with Gasteiger partial charge in [0.15, 0.2) is 0 Å². The van der Waals surface area contributed by atoms with Gasteiger partial charge in [0, 0.05) is 38.3 Å². The number of carbonyl (C=O) groups excluding carboxylic acids is 2. The summed E-state index contributed by atoms with van der Waals surface area (Å²) in [5.41, 5.74) is -0.854. The fourth-order valence-electron chi connectivity index (χ4n) is 2.01. The lowest BCUT2D eigenvalue weighted by Crippen LogP contribution is -2.48. The van der Waals surface area contributed by atoms with Crippen molar-refractivity contribution >= 4 is 17.5 Å². The SMILES string of the molecule is O=C(NCC1(O)CCOCC1)C(=O)Nc1cccc(F)c1. The zero-order chi connectivity index (χ0) is 15.3. The molecular formula is C14H17FN2O4. The smallest absolute Gasteiger partial charge is 0.313 e. The summed E-state index contributed by atoms with van der Waals surface area (Å²) in [6, 6.07) is 5.24. The second-order valence-electron chi connectivity index (χ2n) is 4.98. The third-order valence-corrected chi connectivity index (χ3v) is 3.29. The van der Waals surface area contributed by atoms with Crippen LogP contribution in [-0.2, 0) is 14.3 Å². The molecule has 0 radical (unpaired) electrons. The normalized spacial score (nSPS) is 17.0. The molecule has 0 spiro atoms. The summed E-state index contributed by atoms with van der Waals surface area (Å²) in [4.78, 5) is 23.3. The van der Waals surface area contributed by atoms with Crippen LogP contribution >= 0.6 is 0 Å². The van der Waals surface area contributed by atoms with Gasteiger partial charge in [0.05, 0.1) is 5.60 Å². The summed E-state index contributed by atoms with van der Waals surface area (Å²) in [7, 11) is 0. The molecule has 1 aliphatic heterocycles. The molecular weight excluding hydrogens is 279 g/mol. The number of anilines is 1. The Morgan fingerprint density at radius 1 is 1.29 bits per heavy atom. The Bertz CT molecular complexity index is 529. The van der Waals surface area contributed by atoms with Gasteiger partial charge < -0.3 is 20.5 Å². The molecule has 1 saturated heterocycles. The summed E-state index contributed by atoms with van der Waals surface area (Å²) < 4.78 is 18.1. The quantitative estimate of drug-likeness (QED) is 0.706. The largest absolute Gasteiger partial charge is 0.388 e. The summed E-state index contributed by atoms with van der Waals surface area (Å²) in [6.45, 7) is 0.815. The fourth-order valence-corrected chi connectivity index (χ4v) is 2.01. The van der Waals surface area contributed by atoms with E-state index < -0.39 is 23.2 Å². The molecule has 0 unspecified atom stereocenters. The Morgan fingerprint density at radius 2 is 2.00 bits per heavy atom. The number of hydrogen-bond acceptors (Lipinski definition) is 4. The van der Waals surface area contributed by atoms with Gasteiger partial charge in [0.1, 0.15) is 5.82 Å². The molecule has 1 aliphatic rings. The Hall–Kier alpha value is -1.99. The predicted octanol–water partition coefficient (Wildman–Crippen LogP) is 0.422. The number of carbonyl (C=O) groups is 2. The van der Waals surface area contributed by atoms with E-state index in [0.717, 1.165) is 6.07 Å². The first-order chi connectivity index (χ1) is 9.98. The molecule has 6 nitrogen and oxygen atoms in total. The maximum atomic E-state index is 13.0. The Morgan fingerprint density at radius 3 is 2.67 bits per heavy atom. The molecule has 1 heterocycles. The van der Waals surface area contributed by atoms with Crippen molar-refractivity contribution in [2.75, 3.05) is 25.1 Å². The van der Waals surface area contributed by atoms with E-state index in [9.17, 15) is 19.1 Å². The van der Waals surface area contributed by atoms with Gasteiger partial charge in [-0.2, -0.15) is 0 Å². The standard InChI is InChI=1S/C14H17FN2O4/c15-10-2-1-3-11(8-10)17-13(19)12(18)16-9-14(20)4-6-21-7-5-14/h1-3,8,20H,4-7,9H2,(H,16,18)(H,17,19). The highest BCUT2D eigenvalue weighted by molar-refractivity contribution is 6.39. The minimum atomic E-state index is -1.05. The van der Waals surface area contributed by atoms with Crippen LogP contribution in [0, 0.1) is 5.82 Å². The second-order valence-corrected chi connectivity index (χ2v) is 4.98. The number of amides is 2. The molecule has 0 aliphatic carbocycles. The fraction of sp³-hybridized carbons (Fsp3) is 0.429. The lowest BCUT2D eigenvalue weighted by atomic mass is 9.94. The Labute approximate surface area is 121 Å². The van der Waals surface area contributed by atoms with E-state index in [4.69, 9.17) is 4.74 Å². The molecule has 7 heteroatoms. The number of hydrogen-bond donors (Lipinski definition) is 3. The highest BCUT2D eigenvalue weighted by Gasteiger charge is 2.30. The van der Waals surface area contributed by atoms with Crippen molar-refractivity contribution in [2.24, 2.45) is 0 Å². The van der Waals surface area contributed by atoms with E-state index >= 15 is 0 Å². The van der Waals surface area contributed by atoms with Gasteiger partial charge in [-0.3, -0.25) is 9.59 Å². The lowest BCUT2D eigenvalue weighted by Gasteiger charge is -2.31. The third kappa shape index (κ3) is 4.51. The van der Waals surface area contributed by atoms with Crippen LogP contribution in [0.3, 0.4) is 0 Å². The third-order valence-electron chi connectivity index (χ3n) is 3.29. The minimum Gasteiger partial charge on any atom is -0.388 e. The van der Waals surface area contributed by atoms with Crippen LogP contribution < -0.4 is 10.6 Å². The summed E-state index contributed by atoms with van der Waals surface area (Å²) in [6.07, 6.45) is 0.803. The number of rotatable bonds is 3. The molecule has 2 amide bonds. The molecule has 1 aromatic carbocycles. The summed E-state index contributed by atoms with van der Waals surface area (Å²) in [5.74, 6) is -2.29. The van der Waals surface area contributed by atoms with Crippen LogP contribution in [0.15, 0.2) is 24.3 Å². The average molecular weight is 296 g/mol. The van der Waals surface area contributed by atoms with Crippen molar-refractivity contribution in [1.82, 2.24) is 5.32 Å². The second kappa shape index (κ2) is 6.64. The van der Waals surface area contributed by atoms with Crippen molar-refractivity contribution in [2.45, 2.75) is 18.4 Å². The number of halogens is 1. The first kappa shape index (κ1) is 15.4. The van der Waals surface area contributed by atoms with Crippen molar-refractivity contribution in [3.8, 4) is 0 Å². The van der Waals surface area contributed by atoms with E-state index in [1.54, 1.807) is 0 Å². The van der Waals surface area contributed by atoms with Crippen LogP contribution in [-0.4, -0.2) is 42.3 Å². The van der Waals surface area contributed by atoms with E-state index in [0.29, 0.717) is 26.1 Å². The van der Waals surface area contributed by atoms with E-state index in [-0.39, 0.29) is 12.2 Å². The zero-order valence-corrected chi connectivity index (χ0v) is 11.4. The monoisotopic (exact) mass is 296 g/mol. The molecule has 1 aromatic rings. The minimum absolute atomic E-state index is 0.0221. The van der Waals surface area contributed by atoms with Gasteiger partial charge in [-0.05, 0) is 18.2 Å². The zero-order valence-electron chi connectivity index (χ0n) is 11.4. The maximum Gasteiger partial charge on any atom is 0.313 e. The predicted molar refractivity (Wildman–Crippen MR) is 73.0 cm³/mol. The van der Waals surface area contributed by atoms with E-state index in [1.165, 1.54) is 18.2 Å². The highest BCUT2D eigenvalue weighted by atomic mass is 19.1. The van der Waals surface area contributed by atoms with Crippen LogP contribution in [0.5, 0.6) is 0 Å². The molecule has 0 saturated carbocycles. The average Bonchev–Trinajstić information content (AvgIpc) is 2.45. The van der Waals surface area contributed by atoms with Crippen molar-refractivity contribution in [1.29, 1.82) is 0 Å².